The van der Waals surface area contributed by atoms with Crippen molar-refractivity contribution in [3.05, 3.63) is 17.5 Å². The number of alkyl halides is 3. The number of sulfonamides is 1. The van der Waals surface area contributed by atoms with Crippen LogP contribution in [0.3, 0.4) is 0 Å². The Balaban J connectivity index is 1.89. The maximum absolute atomic E-state index is 12.3. The molecule has 1 saturated heterocycles. The molecule has 0 radical (unpaired) electrons. The summed E-state index contributed by atoms with van der Waals surface area (Å²) in [5, 5.41) is 3.50. The first kappa shape index (κ1) is 17.2. The predicted molar refractivity (Wildman–Crippen MR) is 74.9 cm³/mol. The number of hydrogen-bond acceptors (Lipinski definition) is 4. The zero-order valence-corrected chi connectivity index (χ0v) is 13.1. The van der Waals surface area contributed by atoms with Gasteiger partial charge >= 0.3 is 6.18 Å². The van der Waals surface area contributed by atoms with Crippen LogP contribution in [0.2, 0.25) is 0 Å². The molecule has 10 heteroatoms. The van der Waals surface area contributed by atoms with Gasteiger partial charge in [0.25, 0.3) is 10.0 Å². The van der Waals surface area contributed by atoms with Gasteiger partial charge in [-0.1, -0.05) is 6.07 Å². The van der Waals surface area contributed by atoms with Crippen molar-refractivity contribution >= 4 is 27.3 Å². The Morgan fingerprint density at radius 2 is 2.00 bits per heavy atom. The molecule has 124 valence electrons. The highest BCUT2D eigenvalue weighted by molar-refractivity contribution is 7.91. The van der Waals surface area contributed by atoms with Crippen LogP contribution in [0.4, 0.5) is 13.2 Å². The third kappa shape index (κ3) is 4.20. The Kier molecular flexibility index (Phi) is 5.13. The Morgan fingerprint density at radius 1 is 1.36 bits per heavy atom. The average Bonchev–Trinajstić information content (AvgIpc) is 2.99. The predicted octanol–water partition coefficient (Wildman–Crippen LogP) is 1.83. The highest BCUT2D eigenvalue weighted by atomic mass is 32.2. The van der Waals surface area contributed by atoms with E-state index in [9.17, 15) is 26.4 Å². The van der Waals surface area contributed by atoms with E-state index in [4.69, 9.17) is 0 Å². The zero-order chi connectivity index (χ0) is 16.4. The van der Waals surface area contributed by atoms with Crippen LogP contribution in [0.25, 0.3) is 0 Å². The van der Waals surface area contributed by atoms with E-state index in [0.717, 1.165) is 11.3 Å². The van der Waals surface area contributed by atoms with Crippen LogP contribution in [-0.4, -0.2) is 44.4 Å². The Labute approximate surface area is 130 Å². The molecular formula is C12H15F3N2O3S2. The van der Waals surface area contributed by atoms with Crippen LogP contribution in [0.5, 0.6) is 0 Å². The highest BCUT2D eigenvalue weighted by Gasteiger charge is 2.34. The number of nitrogens with one attached hydrogen (secondary N) is 1. The molecular weight excluding hydrogens is 341 g/mol. The van der Waals surface area contributed by atoms with Gasteiger partial charge in [0.2, 0.25) is 5.91 Å². The third-order valence-electron chi connectivity index (χ3n) is 3.38. The maximum atomic E-state index is 12.3. The number of hydrogen-bond donors (Lipinski definition) is 1. The summed E-state index contributed by atoms with van der Waals surface area (Å²) in [6, 6.07) is 3.14. The van der Waals surface area contributed by atoms with Crippen molar-refractivity contribution < 1.29 is 26.4 Å². The van der Waals surface area contributed by atoms with E-state index in [0.29, 0.717) is 0 Å². The molecule has 0 atom stereocenters. The van der Waals surface area contributed by atoms with Gasteiger partial charge in [0.1, 0.15) is 10.8 Å². The second kappa shape index (κ2) is 6.55. The Hall–Kier alpha value is -1.13. The molecule has 1 amide bonds. The molecule has 2 rings (SSSR count). The molecule has 2 heterocycles. The molecule has 0 unspecified atom stereocenters. The van der Waals surface area contributed by atoms with Crippen LogP contribution in [-0.2, 0) is 14.8 Å². The quantitative estimate of drug-likeness (QED) is 0.895. The van der Waals surface area contributed by atoms with E-state index in [-0.39, 0.29) is 30.1 Å². The monoisotopic (exact) mass is 356 g/mol. The number of thiophene rings is 1. The third-order valence-corrected chi connectivity index (χ3v) is 6.65. The minimum atomic E-state index is -4.45. The fraction of sp³-hybridized carbons (Fsp3) is 0.583. The molecule has 1 fully saturated rings. The maximum Gasteiger partial charge on any atom is 0.405 e. The van der Waals surface area contributed by atoms with Gasteiger partial charge in [-0.15, -0.1) is 11.3 Å². The minimum absolute atomic E-state index is 0.129. The summed E-state index contributed by atoms with van der Waals surface area (Å²) in [4.78, 5) is 11.7. The van der Waals surface area contributed by atoms with Gasteiger partial charge < -0.3 is 5.32 Å². The van der Waals surface area contributed by atoms with Gasteiger partial charge in [0, 0.05) is 19.0 Å². The summed E-state index contributed by atoms with van der Waals surface area (Å²) in [6.07, 6.45) is -4.01. The topological polar surface area (TPSA) is 66.5 Å². The van der Waals surface area contributed by atoms with Crippen LogP contribution in [0.1, 0.15) is 12.8 Å². The molecule has 1 aliphatic rings. The largest absolute Gasteiger partial charge is 0.405 e. The van der Waals surface area contributed by atoms with E-state index in [1.54, 1.807) is 11.4 Å². The normalized spacial score (nSPS) is 18.3. The van der Waals surface area contributed by atoms with Gasteiger partial charge in [-0.05, 0) is 24.3 Å². The molecule has 5 nitrogen and oxygen atoms in total. The number of amides is 1. The fourth-order valence-electron chi connectivity index (χ4n) is 2.23. The first-order valence-corrected chi connectivity index (χ1v) is 8.90. The van der Waals surface area contributed by atoms with Crippen molar-refractivity contribution in [1.29, 1.82) is 0 Å². The Morgan fingerprint density at radius 3 is 2.50 bits per heavy atom. The standard InChI is InChI=1S/C12H15F3N2O3S2/c13-12(14,15)8-16-11(18)9-3-5-17(6-4-9)22(19,20)10-2-1-7-21-10/h1-2,7,9H,3-6,8H2,(H,16,18). The lowest BCUT2D eigenvalue weighted by Gasteiger charge is -2.30. The first-order valence-electron chi connectivity index (χ1n) is 6.58. The van der Waals surface area contributed by atoms with Crippen LogP contribution < -0.4 is 5.32 Å². The molecule has 0 aromatic carbocycles. The van der Waals surface area contributed by atoms with Gasteiger partial charge in [-0.2, -0.15) is 17.5 Å². The molecule has 1 aliphatic heterocycles. The number of rotatable bonds is 4. The number of nitrogens with zero attached hydrogens (tertiary/aromatic N) is 1. The minimum Gasteiger partial charge on any atom is -0.347 e. The molecule has 1 N–H and O–H groups in total. The summed E-state index contributed by atoms with van der Waals surface area (Å²) in [5.41, 5.74) is 0. The van der Waals surface area contributed by atoms with Gasteiger partial charge in [0.15, 0.2) is 0 Å². The number of carbonyl (C=O) groups excluding carboxylic acids is 1. The molecule has 0 aliphatic carbocycles. The van der Waals surface area contributed by atoms with Crippen LogP contribution in [0, 0.1) is 5.92 Å². The fourth-order valence-corrected chi connectivity index (χ4v) is 4.84. The second-order valence-electron chi connectivity index (χ2n) is 4.94. The van der Waals surface area contributed by atoms with Gasteiger partial charge in [-0.3, -0.25) is 4.79 Å². The molecule has 1 aromatic heterocycles. The lowest BCUT2D eigenvalue weighted by molar-refractivity contribution is -0.141. The van der Waals surface area contributed by atoms with Crippen molar-refractivity contribution in [2.24, 2.45) is 5.92 Å². The molecule has 0 bridgehead atoms. The van der Waals surface area contributed by atoms with E-state index in [1.165, 1.54) is 10.4 Å². The van der Waals surface area contributed by atoms with E-state index in [2.05, 4.69) is 0 Å². The van der Waals surface area contributed by atoms with Crippen LogP contribution in [0.15, 0.2) is 21.7 Å². The summed E-state index contributed by atoms with van der Waals surface area (Å²) in [7, 11) is -3.56. The number of carbonyl (C=O) groups is 1. The molecule has 1 aromatic rings. The second-order valence-corrected chi connectivity index (χ2v) is 8.06. The SMILES string of the molecule is O=C(NCC(F)(F)F)C1CCN(S(=O)(=O)c2cccs2)CC1. The number of halogens is 3. The molecule has 0 spiro atoms. The summed E-state index contributed by atoms with van der Waals surface area (Å²) in [5.74, 6) is -1.26. The van der Waals surface area contributed by atoms with Crippen molar-refractivity contribution in [2.45, 2.75) is 23.2 Å². The smallest absolute Gasteiger partial charge is 0.347 e. The van der Waals surface area contributed by atoms with Crippen molar-refractivity contribution in [1.82, 2.24) is 9.62 Å². The molecule has 22 heavy (non-hydrogen) atoms. The summed E-state index contributed by atoms with van der Waals surface area (Å²) in [6.45, 7) is -1.10. The number of piperidine rings is 1. The lowest BCUT2D eigenvalue weighted by Crippen LogP contribution is -2.44. The molecule has 0 saturated carbocycles. The van der Waals surface area contributed by atoms with Gasteiger partial charge in [-0.25, -0.2) is 8.42 Å². The summed E-state index contributed by atoms with van der Waals surface area (Å²) >= 11 is 1.11. The zero-order valence-electron chi connectivity index (χ0n) is 11.5. The highest BCUT2D eigenvalue weighted by Crippen LogP contribution is 2.26. The van der Waals surface area contributed by atoms with Crippen molar-refractivity contribution in [3.63, 3.8) is 0 Å². The van der Waals surface area contributed by atoms with Crippen molar-refractivity contribution in [3.8, 4) is 0 Å². The summed E-state index contributed by atoms with van der Waals surface area (Å²) < 4.78 is 62.2. The first-order chi connectivity index (χ1) is 10.2. The van der Waals surface area contributed by atoms with Gasteiger partial charge in [0.05, 0.1) is 0 Å². The van der Waals surface area contributed by atoms with E-state index < -0.39 is 34.6 Å². The lowest BCUT2D eigenvalue weighted by atomic mass is 9.97. The van der Waals surface area contributed by atoms with E-state index in [1.807, 2.05) is 5.32 Å². The Bertz CT molecular complexity index is 606. The van der Waals surface area contributed by atoms with Crippen LogP contribution >= 0.6 is 11.3 Å². The van der Waals surface area contributed by atoms with Crippen molar-refractivity contribution in [2.75, 3.05) is 19.6 Å². The average molecular weight is 356 g/mol. The van der Waals surface area contributed by atoms with E-state index >= 15 is 0 Å².